The van der Waals surface area contributed by atoms with Crippen LogP contribution in [0.4, 0.5) is 34.1 Å². The minimum absolute atomic E-state index is 0. The SMILES string of the molecule is COc1ccccc1N=C([O-])c1cc2ccccc2c(N=Nc2cc(Cl)cc(S(=O)(=O)O)c2C)c1[O-].COc1ccccc1NC(=O)c1cc2ccccc2c(N=Nc2cc(Cl)cc(S(=O)(=O)O)c2C)c1O.[Ca+2]. The fourth-order valence-electron chi connectivity index (χ4n) is 7.22. The predicted octanol–water partition coefficient (Wildman–Crippen LogP) is 11.0. The number of phenolic OH excluding ortho intramolecular Hbond substituents is 1. The molecule has 0 fully saturated rings. The van der Waals surface area contributed by atoms with Gasteiger partial charge in [-0.2, -0.15) is 32.2 Å². The van der Waals surface area contributed by atoms with Gasteiger partial charge in [0, 0.05) is 20.8 Å². The van der Waals surface area contributed by atoms with E-state index in [4.69, 9.17) is 32.7 Å². The average Bonchev–Trinajstić information content (AvgIpc) is 3.34. The quantitative estimate of drug-likeness (QED) is 0.0292. The number of carbonyl (C=O) groups is 1. The molecule has 0 atom stereocenters. The Bertz CT molecular complexity index is 3790. The van der Waals surface area contributed by atoms with Gasteiger partial charge in [0.2, 0.25) is 0 Å². The van der Waals surface area contributed by atoms with Gasteiger partial charge in [-0.3, -0.25) is 18.9 Å². The third-order valence-corrected chi connectivity index (χ3v) is 13.2. The summed E-state index contributed by atoms with van der Waals surface area (Å²) in [5, 5.41) is 58.6. The number of nitrogens with one attached hydrogen (secondary N) is 1. The number of nitrogens with zero attached hydrogens (tertiary/aromatic N) is 5. The maximum Gasteiger partial charge on any atom is 2.00 e. The second kappa shape index (κ2) is 23.4. The zero-order valence-corrected chi connectivity index (χ0v) is 44.1. The van der Waals surface area contributed by atoms with Gasteiger partial charge in [-0.15, -0.1) is 5.11 Å². The molecule has 0 unspecified atom stereocenters. The molecule has 8 aromatic rings. The molecule has 0 aliphatic heterocycles. The van der Waals surface area contributed by atoms with E-state index in [-0.39, 0.29) is 98.5 Å². The number of hydrogen-bond donors (Lipinski definition) is 4. The summed E-state index contributed by atoms with van der Waals surface area (Å²) < 4.78 is 76.3. The van der Waals surface area contributed by atoms with Crippen LogP contribution in [0.2, 0.25) is 10.0 Å². The number of methoxy groups -OCH3 is 2. The minimum Gasteiger partial charge on any atom is -0.871 e. The average molecular weight is 1090 g/mol. The number of anilines is 1. The Balaban J connectivity index is 0.000000235. The molecular formula is C50H38CaCl2N6O12S2. The molecule has 368 valence electrons. The Morgan fingerprint density at radius 2 is 1.05 bits per heavy atom. The van der Waals surface area contributed by atoms with Crippen LogP contribution in [0.1, 0.15) is 27.0 Å². The van der Waals surface area contributed by atoms with Crippen LogP contribution >= 0.6 is 23.2 Å². The fourth-order valence-corrected chi connectivity index (χ4v) is 9.31. The molecule has 0 aliphatic carbocycles. The molecule has 0 saturated carbocycles. The van der Waals surface area contributed by atoms with Gasteiger partial charge in [-0.25, -0.2) is 0 Å². The van der Waals surface area contributed by atoms with Crippen molar-refractivity contribution in [3.05, 3.63) is 166 Å². The molecule has 1 amide bonds. The van der Waals surface area contributed by atoms with E-state index >= 15 is 0 Å². The number of azo groups is 2. The maximum absolute atomic E-state index is 13.3. The predicted molar refractivity (Wildman–Crippen MR) is 275 cm³/mol. The number of para-hydroxylation sites is 4. The third kappa shape index (κ3) is 12.7. The van der Waals surface area contributed by atoms with E-state index < -0.39 is 53.3 Å². The van der Waals surface area contributed by atoms with Gasteiger partial charge in [-0.1, -0.05) is 102 Å². The molecule has 4 N–H and O–H groups in total. The topological polar surface area (TPSA) is 284 Å². The van der Waals surface area contributed by atoms with Crippen molar-refractivity contribution in [2.45, 2.75) is 23.6 Å². The van der Waals surface area contributed by atoms with Crippen LogP contribution in [0.5, 0.6) is 23.0 Å². The number of rotatable bonds is 12. The van der Waals surface area contributed by atoms with Crippen LogP contribution in [0.15, 0.2) is 169 Å². The second-order valence-electron chi connectivity index (χ2n) is 15.4. The van der Waals surface area contributed by atoms with Gasteiger partial charge in [0.1, 0.15) is 32.7 Å². The zero-order valence-electron chi connectivity index (χ0n) is 38.7. The second-order valence-corrected chi connectivity index (χ2v) is 19.0. The monoisotopic (exact) mass is 1090 g/mol. The molecule has 0 saturated heterocycles. The summed E-state index contributed by atoms with van der Waals surface area (Å²) in [5.41, 5.74) is 0.508. The third-order valence-electron chi connectivity index (χ3n) is 10.8. The number of aliphatic imine (C=N–C) groups is 1. The molecule has 0 bridgehead atoms. The summed E-state index contributed by atoms with van der Waals surface area (Å²) in [7, 11) is -6.21. The van der Waals surface area contributed by atoms with Gasteiger partial charge < -0.3 is 30.1 Å². The summed E-state index contributed by atoms with van der Waals surface area (Å²) in [4.78, 5) is 16.3. The molecule has 73 heavy (non-hydrogen) atoms. The van der Waals surface area contributed by atoms with Gasteiger partial charge >= 0.3 is 37.7 Å². The number of halogens is 2. The van der Waals surface area contributed by atoms with E-state index in [1.807, 2.05) is 0 Å². The molecular weight excluding hydrogens is 1050 g/mol. The summed E-state index contributed by atoms with van der Waals surface area (Å²) in [5.74, 6) is -1.73. The van der Waals surface area contributed by atoms with Crippen LogP contribution in [-0.2, 0) is 20.2 Å². The van der Waals surface area contributed by atoms with Crippen LogP contribution < -0.4 is 25.0 Å². The number of fused-ring (bicyclic) bond motifs is 2. The first-order valence-corrected chi connectivity index (χ1v) is 24.5. The summed E-state index contributed by atoms with van der Waals surface area (Å²) in [6, 6.07) is 35.0. The van der Waals surface area contributed by atoms with E-state index in [1.54, 1.807) is 97.1 Å². The molecule has 8 rings (SSSR count). The first-order valence-electron chi connectivity index (χ1n) is 20.9. The summed E-state index contributed by atoms with van der Waals surface area (Å²) >= 11 is 12.0. The Morgan fingerprint density at radius 1 is 0.603 bits per heavy atom. The molecule has 8 aromatic carbocycles. The van der Waals surface area contributed by atoms with Crippen molar-refractivity contribution in [1.29, 1.82) is 0 Å². The molecule has 0 spiro atoms. The van der Waals surface area contributed by atoms with Gasteiger partial charge in [-0.05, 0) is 108 Å². The summed E-state index contributed by atoms with van der Waals surface area (Å²) in [6.07, 6.45) is 0. The van der Waals surface area contributed by atoms with Crippen molar-refractivity contribution in [3.8, 4) is 23.0 Å². The van der Waals surface area contributed by atoms with E-state index in [2.05, 4.69) is 30.8 Å². The Hall–Kier alpha value is -6.72. The van der Waals surface area contributed by atoms with Gasteiger partial charge in [0.15, 0.2) is 5.75 Å². The van der Waals surface area contributed by atoms with E-state index in [1.165, 1.54) is 52.3 Å². The van der Waals surface area contributed by atoms with Gasteiger partial charge in [0.05, 0.1) is 42.5 Å². The first-order chi connectivity index (χ1) is 34.2. The standard InChI is InChI=1S/2C25H20ClN3O6S.Ca/c2*1-14-20(12-16(26)13-22(14)36(32,33)34)28-29-23-17-8-4-3-7-15(17)11-18(24(23)30)25(31)27-19-9-5-6-10-21(19)35-2;/h2*3-13,30H,1-2H3,(H,27,31)(H,32,33,34);/q;;+2/p-2. The van der Waals surface area contributed by atoms with E-state index in [0.717, 1.165) is 12.1 Å². The first kappa shape index (κ1) is 55.6. The van der Waals surface area contributed by atoms with Crippen LogP contribution in [0.3, 0.4) is 0 Å². The van der Waals surface area contributed by atoms with Crippen molar-refractivity contribution in [2.24, 2.45) is 25.4 Å². The van der Waals surface area contributed by atoms with E-state index in [9.17, 15) is 46.1 Å². The van der Waals surface area contributed by atoms with Crippen molar-refractivity contribution < 1.29 is 55.5 Å². The molecule has 0 aromatic heterocycles. The number of carbonyl (C=O) groups excluding carboxylic acids is 1. The largest absolute Gasteiger partial charge is 2.00 e. The number of ether oxygens (including phenoxy) is 2. The van der Waals surface area contributed by atoms with E-state index in [0.29, 0.717) is 38.7 Å². The zero-order chi connectivity index (χ0) is 52.1. The van der Waals surface area contributed by atoms with Gasteiger partial charge in [0.25, 0.3) is 26.1 Å². The van der Waals surface area contributed by atoms with Crippen molar-refractivity contribution in [3.63, 3.8) is 0 Å². The molecule has 0 aliphatic rings. The van der Waals surface area contributed by atoms with Crippen LogP contribution in [0.25, 0.3) is 21.5 Å². The minimum atomic E-state index is -4.57. The number of amides is 1. The fraction of sp³-hybridized carbons (Fsp3) is 0.0800. The number of hydrogen-bond acceptors (Lipinski definition) is 15. The number of phenols is 1. The Kier molecular flexibility index (Phi) is 17.8. The maximum atomic E-state index is 13.3. The Morgan fingerprint density at radius 3 is 1.59 bits per heavy atom. The number of benzene rings is 8. The van der Waals surface area contributed by atoms with Crippen LogP contribution in [0, 0.1) is 13.8 Å². The smallest absolute Gasteiger partial charge is 0.871 e. The normalized spacial score (nSPS) is 11.9. The van der Waals surface area contributed by atoms with Crippen molar-refractivity contribution in [2.75, 3.05) is 19.5 Å². The van der Waals surface area contributed by atoms with Crippen molar-refractivity contribution in [1.82, 2.24) is 0 Å². The molecule has 0 heterocycles. The number of aromatic hydroxyl groups is 1. The Labute approximate surface area is 457 Å². The van der Waals surface area contributed by atoms with Crippen molar-refractivity contribution >= 4 is 149 Å². The molecule has 23 heteroatoms. The summed E-state index contributed by atoms with van der Waals surface area (Å²) in [6.45, 7) is 2.85. The molecule has 18 nitrogen and oxygen atoms in total. The molecule has 0 radical (unpaired) electrons. The van der Waals surface area contributed by atoms with Crippen LogP contribution in [-0.4, -0.2) is 94.8 Å².